The second kappa shape index (κ2) is 9.35. The summed E-state index contributed by atoms with van der Waals surface area (Å²) in [4.78, 5) is 23.2. The molecule has 0 aliphatic carbocycles. The largest absolute Gasteiger partial charge is 0.495 e. The number of aromatic nitrogens is 2. The van der Waals surface area contributed by atoms with Gasteiger partial charge in [-0.2, -0.15) is 0 Å². The standard InChI is InChI=1S/C18H24ClN5O2/c1-12-21-15(11-17(22-12)20-8-5-9-24(2)3)18(25)23-14-10-13(19)6-7-16(14)26-4/h6-7,10-11H,5,8-9H2,1-4H3,(H,23,25)(H,20,21,22). The van der Waals surface area contributed by atoms with E-state index in [0.717, 1.165) is 19.5 Å². The molecule has 0 bridgehead atoms. The topological polar surface area (TPSA) is 79.4 Å². The van der Waals surface area contributed by atoms with E-state index in [1.807, 2.05) is 14.1 Å². The van der Waals surface area contributed by atoms with Crippen molar-refractivity contribution < 1.29 is 9.53 Å². The number of amides is 1. The number of methoxy groups -OCH3 is 1. The minimum atomic E-state index is -0.354. The Morgan fingerprint density at radius 3 is 2.73 bits per heavy atom. The lowest BCUT2D eigenvalue weighted by Gasteiger charge is -2.12. The normalized spacial score (nSPS) is 10.7. The molecule has 0 spiro atoms. The molecule has 140 valence electrons. The fraction of sp³-hybridized carbons (Fsp3) is 0.389. The van der Waals surface area contributed by atoms with Gasteiger partial charge < -0.3 is 20.3 Å². The zero-order chi connectivity index (χ0) is 19.1. The van der Waals surface area contributed by atoms with Gasteiger partial charge in [-0.25, -0.2) is 9.97 Å². The molecule has 0 aliphatic rings. The van der Waals surface area contributed by atoms with Gasteiger partial charge in [0.1, 0.15) is 23.1 Å². The maximum atomic E-state index is 12.6. The van der Waals surface area contributed by atoms with Crippen LogP contribution in [0.1, 0.15) is 22.7 Å². The number of aryl methyl sites for hydroxylation is 1. The number of hydrogen-bond acceptors (Lipinski definition) is 6. The molecule has 1 aromatic heterocycles. The van der Waals surface area contributed by atoms with Crippen molar-refractivity contribution >= 4 is 29.0 Å². The van der Waals surface area contributed by atoms with Crippen molar-refractivity contribution in [2.45, 2.75) is 13.3 Å². The molecule has 0 radical (unpaired) electrons. The highest BCUT2D eigenvalue weighted by molar-refractivity contribution is 6.31. The Morgan fingerprint density at radius 2 is 2.04 bits per heavy atom. The van der Waals surface area contributed by atoms with Gasteiger partial charge in [0, 0.05) is 17.6 Å². The number of hydrogen-bond donors (Lipinski definition) is 2. The molecule has 0 saturated heterocycles. The van der Waals surface area contributed by atoms with Crippen LogP contribution in [0, 0.1) is 6.92 Å². The molecule has 7 nitrogen and oxygen atoms in total. The van der Waals surface area contributed by atoms with E-state index in [1.165, 1.54) is 7.11 Å². The SMILES string of the molecule is COc1ccc(Cl)cc1NC(=O)c1cc(NCCCN(C)C)nc(C)n1. The monoisotopic (exact) mass is 377 g/mol. The highest BCUT2D eigenvalue weighted by atomic mass is 35.5. The van der Waals surface area contributed by atoms with Crippen LogP contribution >= 0.6 is 11.6 Å². The van der Waals surface area contributed by atoms with E-state index in [4.69, 9.17) is 16.3 Å². The van der Waals surface area contributed by atoms with Gasteiger partial charge in [-0.05, 0) is 52.2 Å². The first kappa shape index (κ1) is 19.9. The van der Waals surface area contributed by atoms with Gasteiger partial charge in [-0.1, -0.05) is 11.6 Å². The van der Waals surface area contributed by atoms with Crippen molar-refractivity contribution in [1.29, 1.82) is 0 Å². The van der Waals surface area contributed by atoms with E-state index in [-0.39, 0.29) is 11.6 Å². The zero-order valence-electron chi connectivity index (χ0n) is 15.5. The summed E-state index contributed by atoms with van der Waals surface area (Å²) < 4.78 is 5.25. The predicted octanol–water partition coefficient (Wildman–Crippen LogP) is 3.06. The molecule has 0 fully saturated rings. The minimum Gasteiger partial charge on any atom is -0.495 e. The van der Waals surface area contributed by atoms with Crippen molar-refractivity contribution in [2.75, 3.05) is 44.9 Å². The number of carbonyl (C=O) groups is 1. The van der Waals surface area contributed by atoms with Crippen LogP contribution in [0.3, 0.4) is 0 Å². The summed E-state index contributed by atoms with van der Waals surface area (Å²) in [7, 11) is 5.59. The highest BCUT2D eigenvalue weighted by Crippen LogP contribution is 2.28. The maximum absolute atomic E-state index is 12.6. The highest BCUT2D eigenvalue weighted by Gasteiger charge is 2.13. The summed E-state index contributed by atoms with van der Waals surface area (Å²) in [6.45, 7) is 3.48. The summed E-state index contributed by atoms with van der Waals surface area (Å²) >= 11 is 6.00. The average molecular weight is 378 g/mol. The summed E-state index contributed by atoms with van der Waals surface area (Å²) in [5.74, 6) is 1.31. The van der Waals surface area contributed by atoms with E-state index in [1.54, 1.807) is 31.2 Å². The molecule has 1 aromatic carbocycles. The second-order valence-corrected chi connectivity index (χ2v) is 6.50. The van der Waals surface area contributed by atoms with Gasteiger partial charge in [0.15, 0.2) is 0 Å². The Balaban J connectivity index is 2.10. The summed E-state index contributed by atoms with van der Waals surface area (Å²) in [6.07, 6.45) is 0.970. The van der Waals surface area contributed by atoms with Crippen LogP contribution < -0.4 is 15.4 Å². The molecule has 2 aromatic rings. The first-order valence-electron chi connectivity index (χ1n) is 8.28. The third kappa shape index (κ3) is 5.86. The predicted molar refractivity (Wildman–Crippen MR) is 104 cm³/mol. The van der Waals surface area contributed by atoms with E-state index in [0.29, 0.717) is 28.1 Å². The Bertz CT molecular complexity index is 767. The quantitative estimate of drug-likeness (QED) is 0.688. The number of anilines is 2. The smallest absolute Gasteiger partial charge is 0.274 e. The van der Waals surface area contributed by atoms with Crippen LogP contribution in [0.25, 0.3) is 0 Å². The molecule has 0 atom stereocenters. The lowest BCUT2D eigenvalue weighted by atomic mass is 10.2. The van der Waals surface area contributed by atoms with Crippen LogP contribution in [0.2, 0.25) is 5.02 Å². The van der Waals surface area contributed by atoms with Crippen molar-refractivity contribution in [3.05, 3.63) is 40.8 Å². The molecule has 1 amide bonds. The number of nitrogens with one attached hydrogen (secondary N) is 2. The molecule has 26 heavy (non-hydrogen) atoms. The number of rotatable bonds is 8. The van der Waals surface area contributed by atoms with Crippen molar-refractivity contribution in [3.8, 4) is 5.75 Å². The summed E-state index contributed by atoms with van der Waals surface area (Å²) in [5.41, 5.74) is 0.761. The molecule has 0 saturated carbocycles. The molecule has 2 rings (SSSR count). The van der Waals surface area contributed by atoms with Crippen molar-refractivity contribution in [2.24, 2.45) is 0 Å². The van der Waals surface area contributed by atoms with Crippen LogP contribution in [0.4, 0.5) is 11.5 Å². The number of nitrogens with zero attached hydrogens (tertiary/aromatic N) is 3. The number of benzene rings is 1. The molecule has 1 heterocycles. The van der Waals surface area contributed by atoms with E-state index < -0.39 is 0 Å². The van der Waals surface area contributed by atoms with Crippen molar-refractivity contribution in [1.82, 2.24) is 14.9 Å². The third-order valence-corrected chi connectivity index (χ3v) is 3.80. The van der Waals surface area contributed by atoms with E-state index >= 15 is 0 Å². The van der Waals surface area contributed by atoms with Gasteiger partial charge in [-0.15, -0.1) is 0 Å². The van der Waals surface area contributed by atoms with Gasteiger partial charge in [0.05, 0.1) is 12.8 Å². The lowest BCUT2D eigenvalue weighted by molar-refractivity contribution is 0.102. The minimum absolute atomic E-state index is 0.273. The van der Waals surface area contributed by atoms with Gasteiger partial charge in [0.2, 0.25) is 0 Å². The first-order valence-corrected chi connectivity index (χ1v) is 8.66. The first-order chi connectivity index (χ1) is 12.4. The molecular formula is C18H24ClN5O2. The van der Waals surface area contributed by atoms with Gasteiger partial charge >= 0.3 is 0 Å². The number of ether oxygens (including phenoxy) is 1. The van der Waals surface area contributed by atoms with Gasteiger partial charge in [-0.3, -0.25) is 4.79 Å². The van der Waals surface area contributed by atoms with Crippen molar-refractivity contribution in [3.63, 3.8) is 0 Å². The Kier molecular flexibility index (Phi) is 7.17. The molecule has 0 unspecified atom stereocenters. The van der Waals surface area contributed by atoms with E-state index in [2.05, 4.69) is 25.5 Å². The second-order valence-electron chi connectivity index (χ2n) is 6.07. The van der Waals surface area contributed by atoms with Crippen LogP contribution in [-0.4, -0.2) is 55.1 Å². The summed E-state index contributed by atoms with van der Waals surface area (Å²) in [6, 6.07) is 6.66. The Labute approximate surface area is 158 Å². The van der Waals surface area contributed by atoms with Gasteiger partial charge in [0.25, 0.3) is 5.91 Å². The molecule has 2 N–H and O–H groups in total. The average Bonchev–Trinajstić information content (AvgIpc) is 2.58. The fourth-order valence-electron chi connectivity index (χ4n) is 2.35. The third-order valence-electron chi connectivity index (χ3n) is 3.57. The van der Waals surface area contributed by atoms with E-state index in [9.17, 15) is 4.79 Å². The van der Waals surface area contributed by atoms with Crippen LogP contribution in [0.15, 0.2) is 24.3 Å². The molecule has 8 heteroatoms. The fourth-order valence-corrected chi connectivity index (χ4v) is 2.52. The zero-order valence-corrected chi connectivity index (χ0v) is 16.2. The molecular weight excluding hydrogens is 354 g/mol. The lowest BCUT2D eigenvalue weighted by Crippen LogP contribution is -2.18. The Morgan fingerprint density at radius 1 is 1.27 bits per heavy atom. The number of carbonyl (C=O) groups excluding carboxylic acids is 1. The Hall–Kier alpha value is -2.38. The van der Waals surface area contributed by atoms with Crippen LogP contribution in [-0.2, 0) is 0 Å². The number of halogens is 1. The molecule has 0 aliphatic heterocycles. The van der Waals surface area contributed by atoms with Crippen LogP contribution in [0.5, 0.6) is 5.75 Å². The maximum Gasteiger partial charge on any atom is 0.274 e. The summed E-state index contributed by atoms with van der Waals surface area (Å²) in [5, 5.41) is 6.51.